The van der Waals surface area contributed by atoms with Crippen LogP contribution in [0, 0.1) is 0 Å². The van der Waals surface area contributed by atoms with Gasteiger partial charge in [-0.15, -0.1) is 0 Å². The first kappa shape index (κ1) is 12.9. The van der Waals surface area contributed by atoms with Crippen LogP contribution < -0.4 is 5.32 Å². The smallest absolute Gasteiger partial charge is 0.0703 e. The van der Waals surface area contributed by atoms with Crippen molar-refractivity contribution in [2.75, 3.05) is 13.1 Å². The van der Waals surface area contributed by atoms with Crippen LogP contribution in [0.5, 0.6) is 0 Å². The molecule has 0 aromatic heterocycles. The van der Waals surface area contributed by atoms with E-state index in [1.807, 2.05) is 13.8 Å². The van der Waals surface area contributed by atoms with Crippen molar-refractivity contribution in [2.24, 2.45) is 0 Å². The van der Waals surface area contributed by atoms with E-state index in [0.29, 0.717) is 12.2 Å². The van der Waals surface area contributed by atoms with E-state index in [1.54, 1.807) is 0 Å². The zero-order valence-corrected chi connectivity index (χ0v) is 9.60. The van der Waals surface area contributed by atoms with Gasteiger partial charge in [-0.1, -0.05) is 20.8 Å². The maximum Gasteiger partial charge on any atom is 0.0703 e. The Hall–Kier alpha value is -0.0800. The first-order valence-electron chi connectivity index (χ1n) is 5.69. The van der Waals surface area contributed by atoms with Gasteiger partial charge >= 0.3 is 0 Å². The molecular formula is C11H25NO. The molecule has 0 spiro atoms. The highest BCUT2D eigenvalue weighted by molar-refractivity contribution is 4.69. The van der Waals surface area contributed by atoms with Crippen molar-refractivity contribution < 1.29 is 4.74 Å². The molecule has 0 radical (unpaired) electrons. The van der Waals surface area contributed by atoms with E-state index < -0.39 is 0 Å². The summed E-state index contributed by atoms with van der Waals surface area (Å²) in [7, 11) is 0. The quantitative estimate of drug-likeness (QED) is 0.733. The number of likely N-dealkylation sites (N-methyl/N-ethyl adjacent to an activating group) is 1. The largest absolute Gasteiger partial charge is 0.374 e. The molecule has 13 heavy (non-hydrogen) atoms. The number of ether oxygens (including phenoxy) is 1. The average molecular weight is 187 g/mol. The van der Waals surface area contributed by atoms with Gasteiger partial charge in [-0.05, 0) is 32.7 Å². The van der Waals surface area contributed by atoms with Crippen molar-refractivity contribution in [2.45, 2.75) is 59.2 Å². The Morgan fingerprint density at radius 1 is 1.31 bits per heavy atom. The normalized spacial score (nSPS) is 27.7. The molecule has 1 N–H and O–H groups in total. The summed E-state index contributed by atoms with van der Waals surface area (Å²) in [5.41, 5.74) is 0. The summed E-state index contributed by atoms with van der Waals surface area (Å²) < 4.78 is 5.73. The van der Waals surface area contributed by atoms with E-state index in [-0.39, 0.29) is 0 Å². The lowest BCUT2D eigenvalue weighted by molar-refractivity contribution is -0.0378. The van der Waals surface area contributed by atoms with Crippen molar-refractivity contribution in [1.82, 2.24) is 5.32 Å². The molecule has 2 unspecified atom stereocenters. The standard InChI is InChI=1S/C9H19NO.C2H6/c1-3-10-7-9-6-4-5-8(2)11-9;1-2/h8-10H,3-7H2,1-2H3;1-2H3. The van der Waals surface area contributed by atoms with Crippen LogP contribution >= 0.6 is 0 Å². The zero-order valence-electron chi connectivity index (χ0n) is 9.60. The monoisotopic (exact) mass is 187 g/mol. The fourth-order valence-electron chi connectivity index (χ4n) is 1.55. The second kappa shape index (κ2) is 8.52. The van der Waals surface area contributed by atoms with Crippen molar-refractivity contribution in [3.8, 4) is 0 Å². The van der Waals surface area contributed by atoms with Crippen molar-refractivity contribution in [3.63, 3.8) is 0 Å². The lowest BCUT2D eigenvalue weighted by Gasteiger charge is -2.27. The van der Waals surface area contributed by atoms with E-state index in [9.17, 15) is 0 Å². The summed E-state index contributed by atoms with van der Waals surface area (Å²) in [5.74, 6) is 0. The summed E-state index contributed by atoms with van der Waals surface area (Å²) in [6.07, 6.45) is 4.75. The predicted octanol–water partition coefficient (Wildman–Crippen LogP) is 2.58. The minimum absolute atomic E-state index is 0.471. The highest BCUT2D eigenvalue weighted by atomic mass is 16.5. The highest BCUT2D eigenvalue weighted by Gasteiger charge is 2.17. The van der Waals surface area contributed by atoms with Gasteiger partial charge in [0.1, 0.15) is 0 Å². The SMILES string of the molecule is CC.CCNCC1CCCC(C)O1. The van der Waals surface area contributed by atoms with Gasteiger partial charge in [0, 0.05) is 6.54 Å². The molecule has 0 amide bonds. The average Bonchev–Trinajstić information content (AvgIpc) is 2.18. The minimum Gasteiger partial charge on any atom is -0.374 e. The zero-order chi connectivity index (χ0) is 10.1. The van der Waals surface area contributed by atoms with Gasteiger partial charge in [0.15, 0.2) is 0 Å². The highest BCUT2D eigenvalue weighted by Crippen LogP contribution is 2.17. The molecule has 1 rings (SSSR count). The maximum absolute atomic E-state index is 5.73. The Kier molecular flexibility index (Phi) is 8.46. The van der Waals surface area contributed by atoms with E-state index >= 15 is 0 Å². The molecule has 1 aliphatic heterocycles. The van der Waals surface area contributed by atoms with Gasteiger partial charge in [0.25, 0.3) is 0 Å². The summed E-state index contributed by atoms with van der Waals surface area (Å²) in [6.45, 7) is 10.4. The molecule has 1 fully saturated rings. The molecule has 1 heterocycles. The second-order valence-electron chi connectivity index (χ2n) is 3.31. The number of hydrogen-bond donors (Lipinski definition) is 1. The van der Waals surface area contributed by atoms with Gasteiger partial charge in [0.05, 0.1) is 12.2 Å². The molecule has 2 nitrogen and oxygen atoms in total. The van der Waals surface area contributed by atoms with Gasteiger partial charge in [-0.3, -0.25) is 0 Å². The molecule has 0 aromatic carbocycles. The van der Waals surface area contributed by atoms with Gasteiger partial charge < -0.3 is 10.1 Å². The number of rotatable bonds is 3. The minimum atomic E-state index is 0.471. The number of hydrogen-bond acceptors (Lipinski definition) is 2. The van der Waals surface area contributed by atoms with Crippen LogP contribution in [0.15, 0.2) is 0 Å². The molecule has 0 bridgehead atoms. The van der Waals surface area contributed by atoms with Gasteiger partial charge in [-0.25, -0.2) is 0 Å². The Labute approximate surface area is 83.1 Å². The summed E-state index contributed by atoms with van der Waals surface area (Å²) >= 11 is 0. The van der Waals surface area contributed by atoms with Gasteiger partial charge in [0.2, 0.25) is 0 Å². The van der Waals surface area contributed by atoms with E-state index in [1.165, 1.54) is 19.3 Å². The van der Waals surface area contributed by atoms with Crippen LogP contribution in [0.3, 0.4) is 0 Å². The van der Waals surface area contributed by atoms with Crippen LogP contribution in [0.2, 0.25) is 0 Å². The lowest BCUT2D eigenvalue weighted by atomic mass is 10.1. The molecule has 0 saturated carbocycles. The Bertz CT molecular complexity index is 106. The molecule has 1 aliphatic rings. The van der Waals surface area contributed by atoms with E-state index in [2.05, 4.69) is 19.2 Å². The van der Waals surface area contributed by atoms with Crippen LogP contribution in [0.25, 0.3) is 0 Å². The van der Waals surface area contributed by atoms with Gasteiger partial charge in [-0.2, -0.15) is 0 Å². The lowest BCUT2D eigenvalue weighted by Crippen LogP contribution is -2.34. The molecule has 2 atom stereocenters. The summed E-state index contributed by atoms with van der Waals surface area (Å²) in [6, 6.07) is 0. The molecule has 80 valence electrons. The second-order valence-corrected chi connectivity index (χ2v) is 3.31. The molecule has 0 aliphatic carbocycles. The predicted molar refractivity (Wildman–Crippen MR) is 58.1 cm³/mol. The van der Waals surface area contributed by atoms with Crippen molar-refractivity contribution in [3.05, 3.63) is 0 Å². The first-order valence-corrected chi connectivity index (χ1v) is 5.69. The summed E-state index contributed by atoms with van der Waals surface area (Å²) in [4.78, 5) is 0. The van der Waals surface area contributed by atoms with Crippen molar-refractivity contribution in [1.29, 1.82) is 0 Å². The third-order valence-corrected chi connectivity index (χ3v) is 2.18. The van der Waals surface area contributed by atoms with Crippen LogP contribution in [-0.2, 0) is 4.74 Å². The number of nitrogens with one attached hydrogen (secondary N) is 1. The fraction of sp³-hybridized carbons (Fsp3) is 1.00. The Balaban J connectivity index is 0.000000671. The first-order chi connectivity index (χ1) is 6.33. The Morgan fingerprint density at radius 3 is 2.54 bits per heavy atom. The van der Waals surface area contributed by atoms with E-state index in [0.717, 1.165) is 13.1 Å². The molecule has 1 saturated heterocycles. The van der Waals surface area contributed by atoms with Crippen LogP contribution in [-0.4, -0.2) is 25.3 Å². The van der Waals surface area contributed by atoms with Crippen LogP contribution in [0.1, 0.15) is 47.0 Å². The summed E-state index contributed by atoms with van der Waals surface area (Å²) in [5, 5.41) is 3.31. The third kappa shape index (κ3) is 6.05. The molecular weight excluding hydrogens is 162 g/mol. The third-order valence-electron chi connectivity index (χ3n) is 2.18. The molecule has 0 aromatic rings. The van der Waals surface area contributed by atoms with Crippen molar-refractivity contribution >= 4 is 0 Å². The Morgan fingerprint density at radius 2 is 2.00 bits per heavy atom. The molecule has 2 heteroatoms. The maximum atomic E-state index is 5.73. The van der Waals surface area contributed by atoms with E-state index in [4.69, 9.17) is 4.74 Å². The fourth-order valence-corrected chi connectivity index (χ4v) is 1.55. The topological polar surface area (TPSA) is 21.3 Å². The van der Waals surface area contributed by atoms with Crippen LogP contribution in [0.4, 0.5) is 0 Å².